The van der Waals surface area contributed by atoms with Crippen LogP contribution in [-0.4, -0.2) is 29.0 Å². The molecule has 98 valence electrons. The van der Waals surface area contributed by atoms with Gasteiger partial charge in [0.25, 0.3) is 0 Å². The van der Waals surface area contributed by atoms with E-state index in [-0.39, 0.29) is 23.1 Å². The first-order valence-corrected chi connectivity index (χ1v) is 7.05. The van der Waals surface area contributed by atoms with Gasteiger partial charge < -0.3 is 0 Å². The molecule has 0 radical (unpaired) electrons. The summed E-state index contributed by atoms with van der Waals surface area (Å²) in [5, 5.41) is 0. The third kappa shape index (κ3) is 3.24. The lowest BCUT2D eigenvalue weighted by molar-refractivity contribution is -0.151. The number of amides is 2. The summed E-state index contributed by atoms with van der Waals surface area (Å²) in [6.07, 6.45) is 2.89. The molecule has 0 aromatic rings. The van der Waals surface area contributed by atoms with E-state index in [0.29, 0.717) is 25.1 Å². The molecule has 0 N–H and O–H groups in total. The molecule has 1 aliphatic rings. The van der Waals surface area contributed by atoms with E-state index >= 15 is 0 Å². The molecule has 1 heterocycles. The number of rotatable bonds is 5. The molecule has 1 aliphatic heterocycles. The number of hydrogen-bond acceptors (Lipinski definition) is 3. The second-order valence-electron chi connectivity index (χ2n) is 5.25. The van der Waals surface area contributed by atoms with E-state index < -0.39 is 0 Å². The van der Waals surface area contributed by atoms with Gasteiger partial charge in [0.15, 0.2) is 0 Å². The zero-order chi connectivity index (χ0) is 13.1. The normalized spacial score (nSPS) is 18.9. The molecule has 2 amide bonds. The molecular formula is C13H23NO2S. The van der Waals surface area contributed by atoms with Crippen molar-refractivity contribution in [1.82, 2.24) is 4.90 Å². The van der Waals surface area contributed by atoms with Crippen LogP contribution < -0.4 is 0 Å². The summed E-state index contributed by atoms with van der Waals surface area (Å²) in [6.45, 7) is 6.69. The van der Waals surface area contributed by atoms with Crippen LogP contribution in [0.5, 0.6) is 0 Å². The largest absolute Gasteiger partial charge is 0.282 e. The third-order valence-electron chi connectivity index (χ3n) is 3.98. The number of likely N-dealkylation sites (tertiary alicyclic amines) is 1. The smallest absolute Gasteiger partial charge is 0.229 e. The van der Waals surface area contributed by atoms with Crippen LogP contribution in [0.15, 0.2) is 0 Å². The van der Waals surface area contributed by atoms with Crippen LogP contribution in [-0.2, 0) is 9.59 Å². The summed E-state index contributed by atoms with van der Waals surface area (Å²) < 4.78 is 0. The Labute approximate surface area is 109 Å². The highest BCUT2D eigenvalue weighted by atomic mass is 32.1. The Morgan fingerprint density at radius 3 is 2.06 bits per heavy atom. The van der Waals surface area contributed by atoms with E-state index in [1.165, 1.54) is 4.90 Å². The minimum absolute atomic E-state index is 0.0122. The minimum atomic E-state index is -0.0188. The molecule has 0 unspecified atom stereocenters. The molecule has 1 fully saturated rings. The summed E-state index contributed by atoms with van der Waals surface area (Å²) in [5.41, 5.74) is -0.0188. The van der Waals surface area contributed by atoms with Crippen molar-refractivity contribution in [2.75, 3.05) is 12.3 Å². The van der Waals surface area contributed by atoms with E-state index in [2.05, 4.69) is 26.5 Å². The second kappa shape index (κ2) is 5.89. The van der Waals surface area contributed by atoms with Crippen LogP contribution >= 0.6 is 12.6 Å². The summed E-state index contributed by atoms with van der Waals surface area (Å²) in [4.78, 5) is 25.3. The first-order valence-electron chi connectivity index (χ1n) is 6.42. The van der Waals surface area contributed by atoms with Gasteiger partial charge in [-0.2, -0.15) is 12.6 Å². The van der Waals surface area contributed by atoms with E-state index in [1.54, 1.807) is 0 Å². The Bertz CT molecular complexity index is 274. The van der Waals surface area contributed by atoms with Crippen molar-refractivity contribution in [2.24, 2.45) is 11.3 Å². The van der Waals surface area contributed by atoms with Crippen molar-refractivity contribution in [2.45, 2.75) is 46.5 Å². The Morgan fingerprint density at radius 1 is 1.24 bits per heavy atom. The van der Waals surface area contributed by atoms with Crippen LogP contribution in [0.1, 0.15) is 46.5 Å². The molecule has 4 heteroatoms. The van der Waals surface area contributed by atoms with Gasteiger partial charge in [-0.25, -0.2) is 0 Å². The lowest BCUT2D eigenvalue weighted by Crippen LogP contribution is -2.48. The second-order valence-corrected chi connectivity index (χ2v) is 5.57. The minimum Gasteiger partial charge on any atom is -0.282 e. The van der Waals surface area contributed by atoms with Crippen molar-refractivity contribution < 1.29 is 9.59 Å². The van der Waals surface area contributed by atoms with Crippen LogP contribution in [0.25, 0.3) is 0 Å². The maximum absolute atomic E-state index is 11.9. The van der Waals surface area contributed by atoms with Gasteiger partial charge in [0.2, 0.25) is 11.8 Å². The van der Waals surface area contributed by atoms with Crippen LogP contribution in [0.4, 0.5) is 0 Å². The number of carbonyl (C=O) groups is 2. The topological polar surface area (TPSA) is 37.4 Å². The maximum Gasteiger partial charge on any atom is 0.229 e. The predicted octanol–water partition coefficient (Wildman–Crippen LogP) is 2.51. The molecule has 0 saturated carbocycles. The van der Waals surface area contributed by atoms with Gasteiger partial charge in [0.05, 0.1) is 0 Å². The fourth-order valence-electron chi connectivity index (χ4n) is 2.29. The molecule has 0 aromatic heterocycles. The molecule has 0 aliphatic carbocycles. The molecule has 0 aromatic carbocycles. The molecule has 1 saturated heterocycles. The monoisotopic (exact) mass is 257 g/mol. The Balaban J connectivity index is 2.78. The zero-order valence-electron chi connectivity index (χ0n) is 11.0. The van der Waals surface area contributed by atoms with Crippen LogP contribution in [0.3, 0.4) is 0 Å². The average molecular weight is 257 g/mol. The van der Waals surface area contributed by atoms with Crippen molar-refractivity contribution >= 4 is 24.4 Å². The van der Waals surface area contributed by atoms with Gasteiger partial charge in [-0.15, -0.1) is 0 Å². The predicted molar refractivity (Wildman–Crippen MR) is 72.0 cm³/mol. The lowest BCUT2D eigenvalue weighted by Gasteiger charge is -2.37. The SMILES string of the molecule is CCC(CC)(CS)CN1C(=O)CC(C)CC1=O. The summed E-state index contributed by atoms with van der Waals surface area (Å²) >= 11 is 4.39. The summed E-state index contributed by atoms with van der Waals surface area (Å²) in [6, 6.07) is 0. The highest BCUT2D eigenvalue weighted by Crippen LogP contribution is 2.31. The molecule has 17 heavy (non-hydrogen) atoms. The highest BCUT2D eigenvalue weighted by molar-refractivity contribution is 7.80. The number of hydrogen-bond donors (Lipinski definition) is 1. The fraction of sp³-hybridized carbons (Fsp3) is 0.846. The molecule has 1 rings (SSSR count). The highest BCUT2D eigenvalue weighted by Gasteiger charge is 2.36. The van der Waals surface area contributed by atoms with Crippen molar-refractivity contribution in [1.29, 1.82) is 0 Å². The van der Waals surface area contributed by atoms with Crippen LogP contribution in [0.2, 0.25) is 0 Å². The molecule has 0 spiro atoms. The standard InChI is InChI=1S/C13H23NO2S/c1-4-13(5-2,9-17)8-14-11(15)6-10(3)7-12(14)16/h10,17H,4-9H2,1-3H3. The Morgan fingerprint density at radius 2 is 1.71 bits per heavy atom. The van der Waals surface area contributed by atoms with Crippen molar-refractivity contribution in [3.8, 4) is 0 Å². The Hall–Kier alpha value is -0.510. The third-order valence-corrected chi connectivity index (χ3v) is 4.65. The fourth-order valence-corrected chi connectivity index (χ4v) is 2.83. The molecule has 0 atom stereocenters. The van der Waals surface area contributed by atoms with Gasteiger partial charge >= 0.3 is 0 Å². The zero-order valence-corrected chi connectivity index (χ0v) is 11.9. The summed E-state index contributed by atoms with van der Waals surface area (Å²) in [5.74, 6) is 0.885. The van der Waals surface area contributed by atoms with Crippen LogP contribution in [0, 0.1) is 11.3 Å². The van der Waals surface area contributed by atoms with Gasteiger partial charge in [-0.1, -0.05) is 20.8 Å². The van der Waals surface area contributed by atoms with Gasteiger partial charge in [0.1, 0.15) is 0 Å². The Kier molecular flexibility index (Phi) is 5.04. The van der Waals surface area contributed by atoms with E-state index in [0.717, 1.165) is 12.8 Å². The maximum atomic E-state index is 11.9. The quantitative estimate of drug-likeness (QED) is 0.607. The number of imide groups is 1. The van der Waals surface area contributed by atoms with Gasteiger partial charge in [-0.3, -0.25) is 14.5 Å². The number of carbonyl (C=O) groups excluding carboxylic acids is 2. The van der Waals surface area contributed by atoms with E-state index in [4.69, 9.17) is 0 Å². The lowest BCUT2D eigenvalue weighted by atomic mass is 9.83. The summed E-state index contributed by atoms with van der Waals surface area (Å²) in [7, 11) is 0. The number of piperidine rings is 1. The van der Waals surface area contributed by atoms with E-state index in [1.807, 2.05) is 6.92 Å². The van der Waals surface area contributed by atoms with E-state index in [9.17, 15) is 9.59 Å². The first-order chi connectivity index (χ1) is 7.98. The van der Waals surface area contributed by atoms with Gasteiger partial charge in [0, 0.05) is 19.4 Å². The average Bonchev–Trinajstić information content (AvgIpc) is 2.29. The molecular weight excluding hydrogens is 234 g/mol. The van der Waals surface area contributed by atoms with Crippen molar-refractivity contribution in [3.05, 3.63) is 0 Å². The molecule has 0 bridgehead atoms. The van der Waals surface area contributed by atoms with Gasteiger partial charge in [-0.05, 0) is 29.9 Å². The number of thiol groups is 1. The first kappa shape index (κ1) is 14.6. The number of nitrogens with zero attached hydrogens (tertiary/aromatic N) is 1. The van der Waals surface area contributed by atoms with Crippen molar-refractivity contribution in [3.63, 3.8) is 0 Å². The molecule has 3 nitrogen and oxygen atoms in total.